The summed E-state index contributed by atoms with van der Waals surface area (Å²) in [6, 6.07) is 7.37. The number of aryl methyl sites for hydroxylation is 2. The van der Waals surface area contributed by atoms with Crippen LogP contribution in [0.4, 0.5) is 0 Å². The van der Waals surface area contributed by atoms with Gasteiger partial charge in [-0.3, -0.25) is 14.4 Å². The summed E-state index contributed by atoms with van der Waals surface area (Å²) in [5, 5.41) is 2.70. The Morgan fingerprint density at radius 2 is 1.73 bits per heavy atom. The number of methoxy groups -OCH3 is 2. The molecule has 1 aromatic heterocycles. The van der Waals surface area contributed by atoms with Crippen LogP contribution >= 0.6 is 11.3 Å². The van der Waals surface area contributed by atoms with Crippen molar-refractivity contribution < 1.29 is 28.6 Å². The standard InChI is InChI=1S/C22H27NO6S/c1-14-11-17(15(2)30-14)18(24)6-8-22(26)29-13-21(25)23-10-9-16-5-7-19(27-3)20(12-16)28-4/h5,7,11-12H,6,8-10,13H2,1-4H3,(H,23,25). The van der Waals surface area contributed by atoms with Crippen molar-refractivity contribution in [1.29, 1.82) is 0 Å². The Labute approximate surface area is 180 Å². The highest BCUT2D eigenvalue weighted by molar-refractivity contribution is 7.12. The third-order valence-electron chi connectivity index (χ3n) is 4.45. The van der Waals surface area contributed by atoms with E-state index in [0.29, 0.717) is 30.0 Å². The molecule has 0 radical (unpaired) electrons. The molecular weight excluding hydrogens is 406 g/mol. The third-order valence-corrected chi connectivity index (χ3v) is 5.41. The molecule has 0 aliphatic heterocycles. The molecule has 0 aliphatic rings. The number of ketones is 1. The Bertz CT molecular complexity index is 905. The average Bonchev–Trinajstić information content (AvgIpc) is 3.08. The van der Waals surface area contributed by atoms with Gasteiger partial charge in [0.05, 0.1) is 20.6 Å². The minimum Gasteiger partial charge on any atom is -0.493 e. The van der Waals surface area contributed by atoms with Crippen LogP contribution in [-0.2, 0) is 20.7 Å². The number of hydrogen-bond acceptors (Lipinski definition) is 7. The van der Waals surface area contributed by atoms with E-state index in [9.17, 15) is 14.4 Å². The van der Waals surface area contributed by atoms with Crippen LogP contribution in [0, 0.1) is 13.8 Å². The van der Waals surface area contributed by atoms with Gasteiger partial charge in [0, 0.05) is 28.3 Å². The zero-order chi connectivity index (χ0) is 22.1. The van der Waals surface area contributed by atoms with Crippen LogP contribution < -0.4 is 14.8 Å². The average molecular weight is 434 g/mol. The predicted octanol–water partition coefficient (Wildman–Crippen LogP) is 3.25. The number of hydrogen-bond donors (Lipinski definition) is 1. The SMILES string of the molecule is COc1ccc(CCNC(=O)COC(=O)CCC(=O)c2cc(C)sc2C)cc1OC. The summed E-state index contributed by atoms with van der Waals surface area (Å²) in [7, 11) is 3.13. The molecule has 1 amide bonds. The van der Waals surface area contributed by atoms with E-state index in [4.69, 9.17) is 14.2 Å². The molecule has 1 N–H and O–H groups in total. The van der Waals surface area contributed by atoms with E-state index in [2.05, 4.69) is 5.32 Å². The van der Waals surface area contributed by atoms with Gasteiger partial charge in [-0.25, -0.2) is 0 Å². The van der Waals surface area contributed by atoms with Crippen LogP contribution in [0.15, 0.2) is 24.3 Å². The van der Waals surface area contributed by atoms with Gasteiger partial charge in [-0.2, -0.15) is 0 Å². The minimum absolute atomic E-state index is 0.0495. The Balaban J connectivity index is 1.67. The molecule has 7 nitrogen and oxygen atoms in total. The summed E-state index contributed by atoms with van der Waals surface area (Å²) in [4.78, 5) is 37.9. The van der Waals surface area contributed by atoms with Crippen molar-refractivity contribution in [2.24, 2.45) is 0 Å². The molecule has 162 valence electrons. The fourth-order valence-electron chi connectivity index (χ4n) is 2.91. The second kappa shape index (κ2) is 11.3. The lowest BCUT2D eigenvalue weighted by molar-refractivity contribution is -0.148. The molecule has 8 heteroatoms. The first-order valence-electron chi connectivity index (χ1n) is 9.57. The number of thiophene rings is 1. The zero-order valence-electron chi connectivity index (χ0n) is 17.7. The van der Waals surface area contributed by atoms with Gasteiger partial charge < -0.3 is 19.5 Å². The van der Waals surface area contributed by atoms with Gasteiger partial charge in [0.25, 0.3) is 5.91 Å². The Morgan fingerprint density at radius 3 is 2.37 bits per heavy atom. The first-order valence-corrected chi connectivity index (χ1v) is 10.4. The summed E-state index contributed by atoms with van der Waals surface area (Å²) in [6.07, 6.45) is 0.608. The molecule has 0 bridgehead atoms. The van der Waals surface area contributed by atoms with E-state index in [1.54, 1.807) is 31.6 Å². The highest BCUT2D eigenvalue weighted by Crippen LogP contribution is 2.27. The fourth-order valence-corrected chi connectivity index (χ4v) is 3.85. The normalized spacial score (nSPS) is 10.4. The zero-order valence-corrected chi connectivity index (χ0v) is 18.5. The molecule has 0 fully saturated rings. The number of nitrogens with one attached hydrogen (secondary N) is 1. The first-order chi connectivity index (χ1) is 14.3. The van der Waals surface area contributed by atoms with Gasteiger partial charge in [0.1, 0.15) is 0 Å². The highest BCUT2D eigenvalue weighted by Gasteiger charge is 2.15. The molecule has 0 spiro atoms. The summed E-state index contributed by atoms with van der Waals surface area (Å²) in [5.41, 5.74) is 1.63. The van der Waals surface area contributed by atoms with Crippen LogP contribution in [0.5, 0.6) is 11.5 Å². The van der Waals surface area contributed by atoms with Crippen molar-refractivity contribution >= 4 is 29.0 Å². The van der Waals surface area contributed by atoms with Crippen molar-refractivity contribution in [3.05, 3.63) is 45.1 Å². The van der Waals surface area contributed by atoms with Crippen molar-refractivity contribution in [2.75, 3.05) is 27.4 Å². The van der Waals surface area contributed by atoms with Gasteiger partial charge in [-0.15, -0.1) is 11.3 Å². The molecule has 2 aromatic rings. The second-order valence-corrected chi connectivity index (χ2v) is 8.16. The lowest BCUT2D eigenvalue weighted by atomic mass is 10.1. The molecule has 0 saturated carbocycles. The largest absolute Gasteiger partial charge is 0.493 e. The van der Waals surface area contributed by atoms with E-state index in [-0.39, 0.29) is 31.1 Å². The molecule has 30 heavy (non-hydrogen) atoms. The highest BCUT2D eigenvalue weighted by atomic mass is 32.1. The van der Waals surface area contributed by atoms with Crippen LogP contribution in [0.1, 0.15) is 38.5 Å². The first kappa shape index (κ1) is 23.4. The summed E-state index contributed by atoms with van der Waals surface area (Å²) < 4.78 is 15.4. The monoisotopic (exact) mass is 433 g/mol. The number of amides is 1. The molecule has 0 saturated heterocycles. The molecule has 0 aliphatic carbocycles. The topological polar surface area (TPSA) is 90.9 Å². The van der Waals surface area contributed by atoms with E-state index in [1.165, 1.54) is 0 Å². The van der Waals surface area contributed by atoms with Crippen LogP contribution in [0.25, 0.3) is 0 Å². The van der Waals surface area contributed by atoms with Crippen LogP contribution in [0.2, 0.25) is 0 Å². The van der Waals surface area contributed by atoms with Gasteiger partial charge in [0.15, 0.2) is 23.9 Å². The van der Waals surface area contributed by atoms with Gasteiger partial charge in [-0.05, 0) is 44.0 Å². The number of carbonyl (C=O) groups is 3. The van der Waals surface area contributed by atoms with Crippen molar-refractivity contribution in [2.45, 2.75) is 33.1 Å². The van der Waals surface area contributed by atoms with Crippen LogP contribution in [0.3, 0.4) is 0 Å². The summed E-state index contributed by atoms with van der Waals surface area (Å²) in [5.74, 6) is 0.216. The van der Waals surface area contributed by atoms with E-state index < -0.39 is 5.97 Å². The van der Waals surface area contributed by atoms with Gasteiger partial charge >= 0.3 is 5.97 Å². The molecule has 0 unspecified atom stereocenters. The Morgan fingerprint density at radius 1 is 1.00 bits per heavy atom. The van der Waals surface area contributed by atoms with E-state index >= 15 is 0 Å². The molecule has 0 atom stereocenters. The lowest BCUT2D eigenvalue weighted by Crippen LogP contribution is -2.30. The molecule has 1 heterocycles. The number of esters is 1. The predicted molar refractivity (Wildman–Crippen MR) is 115 cm³/mol. The van der Waals surface area contributed by atoms with Crippen LogP contribution in [-0.4, -0.2) is 45.0 Å². The van der Waals surface area contributed by atoms with E-state index in [0.717, 1.165) is 15.3 Å². The third kappa shape index (κ3) is 6.88. The number of Topliss-reactive ketones (excluding diaryl/α,β-unsaturated/α-hetero) is 1. The number of carbonyl (C=O) groups excluding carboxylic acids is 3. The van der Waals surface area contributed by atoms with Gasteiger partial charge in [-0.1, -0.05) is 6.07 Å². The summed E-state index contributed by atoms with van der Waals surface area (Å²) >= 11 is 1.55. The Hall–Kier alpha value is -2.87. The number of rotatable bonds is 11. The molecular formula is C22H27NO6S. The summed E-state index contributed by atoms with van der Waals surface area (Å²) in [6.45, 7) is 3.85. The number of ether oxygens (including phenoxy) is 3. The smallest absolute Gasteiger partial charge is 0.306 e. The molecule has 1 aromatic carbocycles. The van der Waals surface area contributed by atoms with Gasteiger partial charge in [0.2, 0.25) is 0 Å². The van der Waals surface area contributed by atoms with E-state index in [1.807, 2.05) is 32.0 Å². The van der Waals surface area contributed by atoms with Crippen molar-refractivity contribution in [1.82, 2.24) is 5.32 Å². The van der Waals surface area contributed by atoms with Crippen molar-refractivity contribution in [3.8, 4) is 11.5 Å². The van der Waals surface area contributed by atoms with Crippen molar-refractivity contribution in [3.63, 3.8) is 0 Å². The lowest BCUT2D eigenvalue weighted by Gasteiger charge is -2.10. The maximum atomic E-state index is 12.2. The molecule has 2 rings (SSSR count). The minimum atomic E-state index is -0.567. The second-order valence-electron chi connectivity index (χ2n) is 6.70. The Kier molecular flexibility index (Phi) is 8.86. The maximum Gasteiger partial charge on any atom is 0.306 e. The fraction of sp³-hybridized carbons (Fsp3) is 0.409. The maximum absolute atomic E-state index is 12.2. The quantitative estimate of drug-likeness (QED) is 0.432. The number of benzene rings is 1.